The molecule has 9 heteroatoms. The second-order valence-corrected chi connectivity index (χ2v) is 26.4. The maximum atomic E-state index is 13.1. The number of carbonyl (C=O) groups is 1. The van der Waals surface area contributed by atoms with E-state index < -0.39 is 49.5 Å². The Bertz CT molecular complexity index is 1380. The second kappa shape index (κ2) is 64.6. The Labute approximate surface area is 521 Å². The fraction of sp³-hybridized carbons (Fsp3) is 0.933. The van der Waals surface area contributed by atoms with E-state index in [1.807, 2.05) is 6.08 Å². The van der Waals surface area contributed by atoms with Crippen molar-refractivity contribution in [2.75, 3.05) is 13.2 Å². The maximum Gasteiger partial charge on any atom is 0.220 e. The third kappa shape index (κ3) is 52.6. The van der Waals surface area contributed by atoms with Gasteiger partial charge in [-0.15, -0.1) is 0 Å². The highest BCUT2D eigenvalue weighted by atomic mass is 16.7. The van der Waals surface area contributed by atoms with Crippen LogP contribution in [0.15, 0.2) is 24.3 Å². The van der Waals surface area contributed by atoms with Gasteiger partial charge in [-0.25, -0.2) is 0 Å². The first-order valence-electron chi connectivity index (χ1n) is 37.6. The van der Waals surface area contributed by atoms with Gasteiger partial charge in [-0.3, -0.25) is 4.79 Å². The Balaban J connectivity index is 2.11. The predicted molar refractivity (Wildman–Crippen MR) is 360 cm³/mol. The predicted octanol–water partition coefficient (Wildman–Crippen LogP) is 20.8. The van der Waals surface area contributed by atoms with Gasteiger partial charge >= 0.3 is 0 Å². The Kier molecular flexibility index (Phi) is 62.1. The molecule has 0 aromatic carbocycles. The lowest BCUT2D eigenvalue weighted by molar-refractivity contribution is -0.302. The normalized spacial score (nSPS) is 18.2. The van der Waals surface area contributed by atoms with Gasteiger partial charge in [0, 0.05) is 6.42 Å². The molecule has 1 aliphatic heterocycles. The highest BCUT2D eigenvalue weighted by Gasteiger charge is 2.44. The van der Waals surface area contributed by atoms with Crippen molar-refractivity contribution in [3.05, 3.63) is 24.3 Å². The minimum absolute atomic E-state index is 0.177. The molecule has 1 aliphatic rings. The molecule has 0 bridgehead atoms. The Morgan fingerprint density at radius 2 is 0.679 bits per heavy atom. The Morgan fingerprint density at radius 3 is 1.00 bits per heavy atom. The molecule has 0 aromatic heterocycles. The third-order valence-corrected chi connectivity index (χ3v) is 18.3. The van der Waals surface area contributed by atoms with Gasteiger partial charge in [0.25, 0.3) is 0 Å². The van der Waals surface area contributed by atoms with Crippen LogP contribution in [-0.4, -0.2) is 87.5 Å². The maximum absolute atomic E-state index is 13.1. The van der Waals surface area contributed by atoms with E-state index in [9.17, 15) is 30.3 Å². The molecular formula is C75H145NO8. The number of aliphatic hydroxyl groups is 5. The van der Waals surface area contributed by atoms with Gasteiger partial charge in [0.1, 0.15) is 24.4 Å². The van der Waals surface area contributed by atoms with E-state index in [0.29, 0.717) is 6.42 Å². The van der Waals surface area contributed by atoms with E-state index >= 15 is 0 Å². The number of ether oxygens (including phenoxy) is 2. The van der Waals surface area contributed by atoms with Crippen LogP contribution in [0.4, 0.5) is 0 Å². The van der Waals surface area contributed by atoms with Crippen molar-refractivity contribution < 1.29 is 39.8 Å². The zero-order valence-electron chi connectivity index (χ0n) is 55.9. The lowest BCUT2D eigenvalue weighted by Crippen LogP contribution is -2.60. The number of hydrogen-bond donors (Lipinski definition) is 6. The van der Waals surface area contributed by atoms with E-state index in [1.165, 1.54) is 334 Å². The van der Waals surface area contributed by atoms with Crippen molar-refractivity contribution in [1.29, 1.82) is 0 Å². The van der Waals surface area contributed by atoms with Gasteiger partial charge in [0.15, 0.2) is 6.29 Å². The third-order valence-electron chi connectivity index (χ3n) is 18.3. The number of hydrogen-bond acceptors (Lipinski definition) is 8. The summed E-state index contributed by atoms with van der Waals surface area (Å²) in [5, 5.41) is 54.8. The molecule has 1 heterocycles. The molecule has 0 aliphatic carbocycles. The first kappa shape index (κ1) is 80.7. The van der Waals surface area contributed by atoms with Crippen molar-refractivity contribution in [2.45, 2.75) is 436 Å². The van der Waals surface area contributed by atoms with E-state index in [2.05, 4.69) is 31.3 Å². The smallest absolute Gasteiger partial charge is 0.220 e. The van der Waals surface area contributed by atoms with E-state index in [-0.39, 0.29) is 12.5 Å². The average Bonchev–Trinajstić information content (AvgIpc) is 3.70. The monoisotopic (exact) mass is 1190 g/mol. The van der Waals surface area contributed by atoms with Crippen LogP contribution in [0, 0.1) is 0 Å². The summed E-state index contributed by atoms with van der Waals surface area (Å²) in [5.74, 6) is -0.177. The summed E-state index contributed by atoms with van der Waals surface area (Å²) in [6, 6.07) is -0.821. The molecule has 1 rings (SSSR count). The van der Waals surface area contributed by atoms with Crippen LogP contribution in [0.2, 0.25) is 0 Å². The van der Waals surface area contributed by atoms with Gasteiger partial charge in [0.2, 0.25) is 5.91 Å². The zero-order valence-corrected chi connectivity index (χ0v) is 55.9. The van der Waals surface area contributed by atoms with Crippen LogP contribution in [0.1, 0.15) is 393 Å². The molecule has 0 saturated carbocycles. The first-order chi connectivity index (χ1) is 41.3. The van der Waals surface area contributed by atoms with Crippen LogP contribution < -0.4 is 5.32 Å². The average molecular weight is 1190 g/mol. The zero-order chi connectivity index (χ0) is 60.7. The number of allylic oxidation sites excluding steroid dienone is 3. The number of amides is 1. The fourth-order valence-electron chi connectivity index (χ4n) is 12.4. The number of carbonyl (C=O) groups excluding carboxylic acids is 1. The highest BCUT2D eigenvalue weighted by molar-refractivity contribution is 5.76. The molecule has 498 valence electrons. The van der Waals surface area contributed by atoms with E-state index in [4.69, 9.17) is 9.47 Å². The molecule has 0 spiro atoms. The summed E-state index contributed by atoms with van der Waals surface area (Å²) in [7, 11) is 0. The molecule has 6 N–H and O–H groups in total. The Morgan fingerprint density at radius 1 is 0.393 bits per heavy atom. The summed E-state index contributed by atoms with van der Waals surface area (Å²) in [6.07, 6.45) is 78.9. The van der Waals surface area contributed by atoms with Crippen molar-refractivity contribution in [1.82, 2.24) is 5.32 Å². The van der Waals surface area contributed by atoms with Crippen molar-refractivity contribution in [3.8, 4) is 0 Å². The van der Waals surface area contributed by atoms with Crippen molar-refractivity contribution >= 4 is 5.91 Å². The molecular weight excluding hydrogens is 1040 g/mol. The van der Waals surface area contributed by atoms with Crippen molar-refractivity contribution in [3.63, 3.8) is 0 Å². The largest absolute Gasteiger partial charge is 0.394 e. The number of nitrogens with one attached hydrogen (secondary N) is 1. The molecule has 7 unspecified atom stereocenters. The van der Waals surface area contributed by atoms with Gasteiger partial charge in [0.05, 0.1) is 25.4 Å². The quantitative estimate of drug-likeness (QED) is 0.0261. The molecule has 84 heavy (non-hydrogen) atoms. The lowest BCUT2D eigenvalue weighted by atomic mass is 9.99. The van der Waals surface area contributed by atoms with Gasteiger partial charge in [-0.2, -0.15) is 0 Å². The SMILES string of the molecule is CCCCCCCCCCCCCCCCCCCCCCCCCCCCC/C=C/CC/C=C/C(O)C(COC1OC(CO)C(O)C(O)C1O)NC(=O)CCCCCCCCCCCCCCCCCCCCCCCCCCCCCC. The molecule has 1 saturated heterocycles. The molecule has 0 radical (unpaired) electrons. The number of unbranched alkanes of at least 4 members (excludes halogenated alkanes) is 55. The standard InChI is InChI=1S/C75H145NO8/c1-3-5-7-9-11-13-15-17-19-21-23-25-27-29-31-33-34-35-36-37-38-40-42-44-46-48-50-52-54-56-58-60-62-64-69(78)68(67-83-75-74(82)73(81)72(80)70(66-77)84-75)76-71(79)65-63-61-59-57-55-53-51-49-47-45-43-41-39-32-30-28-26-24-22-20-18-16-14-12-10-8-6-4-2/h54,56,62,64,68-70,72-75,77-78,80-82H,3-53,55,57-61,63,65-67H2,1-2H3,(H,76,79)/b56-54+,64-62+. The second-order valence-electron chi connectivity index (χ2n) is 26.4. The highest BCUT2D eigenvalue weighted by Crippen LogP contribution is 2.24. The summed E-state index contributed by atoms with van der Waals surface area (Å²) in [5.41, 5.74) is 0. The first-order valence-corrected chi connectivity index (χ1v) is 37.6. The van der Waals surface area contributed by atoms with Crippen LogP contribution >= 0.6 is 0 Å². The van der Waals surface area contributed by atoms with E-state index in [1.54, 1.807) is 6.08 Å². The minimum Gasteiger partial charge on any atom is -0.394 e. The summed E-state index contributed by atoms with van der Waals surface area (Å²) < 4.78 is 11.3. The molecule has 9 nitrogen and oxygen atoms in total. The van der Waals surface area contributed by atoms with Crippen LogP contribution in [-0.2, 0) is 14.3 Å². The van der Waals surface area contributed by atoms with Crippen LogP contribution in [0.3, 0.4) is 0 Å². The molecule has 0 aromatic rings. The fourth-order valence-corrected chi connectivity index (χ4v) is 12.4. The van der Waals surface area contributed by atoms with Gasteiger partial charge in [-0.1, -0.05) is 378 Å². The summed E-state index contributed by atoms with van der Waals surface area (Å²) in [4.78, 5) is 13.1. The van der Waals surface area contributed by atoms with E-state index in [0.717, 1.165) is 38.5 Å². The molecule has 1 amide bonds. The van der Waals surface area contributed by atoms with Gasteiger partial charge < -0.3 is 40.3 Å². The molecule has 1 fully saturated rings. The minimum atomic E-state index is -1.57. The molecule has 7 atom stereocenters. The number of aliphatic hydroxyl groups excluding tert-OH is 5. The lowest BCUT2D eigenvalue weighted by Gasteiger charge is -2.40. The Hall–Kier alpha value is -1.33. The van der Waals surface area contributed by atoms with Crippen LogP contribution in [0.25, 0.3) is 0 Å². The van der Waals surface area contributed by atoms with Gasteiger partial charge in [-0.05, 0) is 32.1 Å². The summed E-state index contributed by atoms with van der Waals surface area (Å²) in [6.45, 7) is 3.83. The van der Waals surface area contributed by atoms with Crippen molar-refractivity contribution in [2.24, 2.45) is 0 Å². The van der Waals surface area contributed by atoms with Crippen LogP contribution in [0.5, 0.6) is 0 Å². The summed E-state index contributed by atoms with van der Waals surface area (Å²) >= 11 is 0. The number of rotatable bonds is 67. The topological polar surface area (TPSA) is 149 Å².